The molecular weight excluding hydrogens is 256 g/mol. The molecule has 1 aromatic heterocycles. The number of aromatic carboxylic acids is 1. The van der Waals surface area contributed by atoms with Crippen LogP contribution in [0.25, 0.3) is 0 Å². The van der Waals surface area contributed by atoms with Crippen LogP contribution in [0.5, 0.6) is 0 Å². The number of nitrogens with zero attached hydrogens (tertiary/aromatic N) is 1. The Hall–Kier alpha value is -0.757. The molecule has 0 bridgehead atoms. The first-order valence-electron chi connectivity index (χ1n) is 5.42. The fourth-order valence-electron chi connectivity index (χ4n) is 1.45. The number of hydrogen-bond donors (Lipinski definition) is 1. The van der Waals surface area contributed by atoms with Crippen LogP contribution in [0, 0.1) is 0 Å². The van der Waals surface area contributed by atoms with Gasteiger partial charge in [-0.25, -0.2) is 9.78 Å². The van der Waals surface area contributed by atoms with Crippen molar-refractivity contribution in [3.8, 4) is 0 Å². The minimum atomic E-state index is -0.965. The van der Waals surface area contributed by atoms with E-state index in [0.29, 0.717) is 0 Å². The Balaban J connectivity index is 0.00000225. The fraction of sp³-hybridized carbons (Fsp3) is 0.500. The third-order valence-corrected chi connectivity index (χ3v) is 2.36. The number of aryl methyl sites for hydroxylation is 1. The van der Waals surface area contributed by atoms with E-state index in [1.54, 1.807) is 12.3 Å². The Kier molecular flexibility index (Phi) is 8.00. The predicted octanol–water partition coefficient (Wildman–Crippen LogP) is 2.90. The first-order valence-corrected chi connectivity index (χ1v) is 5.42. The SMILES string of the molecule is CCCCCCc1ccc(C(=O)O)nc1.[Zn]. The van der Waals surface area contributed by atoms with Crippen molar-refractivity contribution in [2.45, 2.75) is 39.0 Å². The maximum atomic E-state index is 10.5. The summed E-state index contributed by atoms with van der Waals surface area (Å²) in [5.74, 6) is -0.965. The predicted molar refractivity (Wildman–Crippen MR) is 59.0 cm³/mol. The van der Waals surface area contributed by atoms with Crippen LogP contribution in [0.1, 0.15) is 48.7 Å². The molecule has 1 heterocycles. The Morgan fingerprint density at radius 2 is 2.06 bits per heavy atom. The molecule has 0 aliphatic heterocycles. The first-order chi connectivity index (χ1) is 7.24. The number of carbonyl (C=O) groups is 1. The number of carboxylic acid groups (broad SMARTS) is 1. The van der Waals surface area contributed by atoms with Crippen molar-refractivity contribution in [1.82, 2.24) is 4.98 Å². The molecule has 3 nitrogen and oxygen atoms in total. The van der Waals surface area contributed by atoms with E-state index in [2.05, 4.69) is 11.9 Å². The second-order valence-electron chi connectivity index (χ2n) is 3.67. The van der Waals surface area contributed by atoms with Crippen LogP contribution in [-0.2, 0) is 25.9 Å². The smallest absolute Gasteiger partial charge is 0.354 e. The maximum Gasteiger partial charge on any atom is 0.354 e. The molecule has 0 atom stereocenters. The normalized spacial score (nSPS) is 9.56. The van der Waals surface area contributed by atoms with E-state index in [9.17, 15) is 4.79 Å². The second kappa shape index (κ2) is 8.40. The van der Waals surface area contributed by atoms with E-state index >= 15 is 0 Å². The van der Waals surface area contributed by atoms with Crippen molar-refractivity contribution < 1.29 is 29.4 Å². The van der Waals surface area contributed by atoms with Crippen LogP contribution in [-0.4, -0.2) is 16.1 Å². The van der Waals surface area contributed by atoms with Crippen LogP contribution in [0.2, 0.25) is 0 Å². The van der Waals surface area contributed by atoms with Gasteiger partial charge in [0.1, 0.15) is 5.69 Å². The van der Waals surface area contributed by atoms with Crippen LogP contribution >= 0.6 is 0 Å². The van der Waals surface area contributed by atoms with Gasteiger partial charge in [0, 0.05) is 25.7 Å². The quantitative estimate of drug-likeness (QED) is 0.640. The molecule has 1 aromatic rings. The van der Waals surface area contributed by atoms with Crippen LogP contribution < -0.4 is 0 Å². The third-order valence-electron chi connectivity index (χ3n) is 2.36. The number of hydrogen-bond acceptors (Lipinski definition) is 2. The molecule has 1 rings (SSSR count). The summed E-state index contributed by atoms with van der Waals surface area (Å²) in [5.41, 5.74) is 1.24. The van der Waals surface area contributed by atoms with E-state index in [1.165, 1.54) is 19.3 Å². The molecular formula is C12H17NO2Zn. The summed E-state index contributed by atoms with van der Waals surface area (Å²) < 4.78 is 0. The molecule has 0 aliphatic rings. The van der Waals surface area contributed by atoms with Gasteiger partial charge in [-0.05, 0) is 24.5 Å². The van der Waals surface area contributed by atoms with Crippen molar-refractivity contribution in [3.63, 3.8) is 0 Å². The van der Waals surface area contributed by atoms with Crippen LogP contribution in [0.3, 0.4) is 0 Å². The van der Waals surface area contributed by atoms with Gasteiger partial charge < -0.3 is 5.11 Å². The van der Waals surface area contributed by atoms with Crippen molar-refractivity contribution in [3.05, 3.63) is 29.6 Å². The summed E-state index contributed by atoms with van der Waals surface area (Å²) in [5, 5.41) is 8.66. The summed E-state index contributed by atoms with van der Waals surface area (Å²) in [6, 6.07) is 3.42. The van der Waals surface area contributed by atoms with Crippen molar-refractivity contribution in [2.24, 2.45) is 0 Å². The molecule has 84 valence electrons. The summed E-state index contributed by atoms with van der Waals surface area (Å²) in [6.45, 7) is 2.18. The fourth-order valence-corrected chi connectivity index (χ4v) is 1.45. The molecule has 0 amide bonds. The Morgan fingerprint density at radius 1 is 1.31 bits per heavy atom. The molecule has 16 heavy (non-hydrogen) atoms. The third kappa shape index (κ3) is 5.36. The molecule has 0 aliphatic carbocycles. The molecule has 0 saturated heterocycles. The summed E-state index contributed by atoms with van der Waals surface area (Å²) in [4.78, 5) is 14.4. The monoisotopic (exact) mass is 271 g/mol. The summed E-state index contributed by atoms with van der Waals surface area (Å²) >= 11 is 0. The maximum absolute atomic E-state index is 10.5. The first kappa shape index (κ1) is 15.2. The topological polar surface area (TPSA) is 50.2 Å². The molecule has 1 N–H and O–H groups in total. The van der Waals surface area contributed by atoms with Gasteiger partial charge in [-0.15, -0.1) is 0 Å². The minimum absolute atomic E-state index is 0. The van der Waals surface area contributed by atoms with Crippen molar-refractivity contribution >= 4 is 5.97 Å². The van der Waals surface area contributed by atoms with Gasteiger partial charge in [0.2, 0.25) is 0 Å². The van der Waals surface area contributed by atoms with Gasteiger partial charge in [-0.3, -0.25) is 0 Å². The van der Waals surface area contributed by atoms with Gasteiger partial charge in [-0.1, -0.05) is 32.3 Å². The molecule has 0 unspecified atom stereocenters. The molecule has 4 heteroatoms. The van der Waals surface area contributed by atoms with E-state index in [1.807, 2.05) is 6.07 Å². The summed E-state index contributed by atoms with van der Waals surface area (Å²) in [6.07, 6.45) is 7.54. The van der Waals surface area contributed by atoms with Crippen molar-refractivity contribution in [2.75, 3.05) is 0 Å². The van der Waals surface area contributed by atoms with Gasteiger partial charge in [0.05, 0.1) is 0 Å². The Labute approximate surface area is 109 Å². The standard InChI is InChI=1S/C12H17NO2.Zn/c1-2-3-4-5-6-10-7-8-11(12(14)15)13-9-10;/h7-9H,2-6H2,1H3,(H,14,15);. The van der Waals surface area contributed by atoms with E-state index in [4.69, 9.17) is 5.11 Å². The Bertz CT molecular complexity index is 311. The number of pyridine rings is 1. The van der Waals surface area contributed by atoms with Crippen LogP contribution in [0.4, 0.5) is 0 Å². The van der Waals surface area contributed by atoms with E-state index < -0.39 is 5.97 Å². The zero-order valence-electron chi connectivity index (χ0n) is 9.78. The zero-order chi connectivity index (χ0) is 11.1. The Morgan fingerprint density at radius 3 is 2.56 bits per heavy atom. The van der Waals surface area contributed by atoms with Gasteiger partial charge in [0.25, 0.3) is 0 Å². The minimum Gasteiger partial charge on any atom is -0.477 e. The molecule has 0 aromatic carbocycles. The number of carboxylic acids is 1. The zero-order valence-corrected chi connectivity index (χ0v) is 12.7. The van der Waals surface area contributed by atoms with Gasteiger partial charge >= 0.3 is 5.97 Å². The average molecular weight is 273 g/mol. The molecule has 0 fully saturated rings. The molecule has 0 saturated carbocycles. The van der Waals surface area contributed by atoms with Crippen molar-refractivity contribution in [1.29, 1.82) is 0 Å². The van der Waals surface area contributed by atoms with Crippen LogP contribution in [0.15, 0.2) is 18.3 Å². The number of unbranched alkanes of at least 4 members (excludes halogenated alkanes) is 3. The molecule has 0 radical (unpaired) electrons. The summed E-state index contributed by atoms with van der Waals surface area (Å²) in [7, 11) is 0. The van der Waals surface area contributed by atoms with Gasteiger partial charge in [0.15, 0.2) is 0 Å². The van der Waals surface area contributed by atoms with Gasteiger partial charge in [-0.2, -0.15) is 0 Å². The number of aromatic nitrogens is 1. The largest absolute Gasteiger partial charge is 0.477 e. The van der Waals surface area contributed by atoms with E-state index in [0.717, 1.165) is 18.4 Å². The van der Waals surface area contributed by atoms with E-state index in [-0.39, 0.29) is 25.2 Å². The number of rotatable bonds is 6. The average Bonchev–Trinajstić information content (AvgIpc) is 2.25. The molecule has 0 spiro atoms. The second-order valence-corrected chi connectivity index (χ2v) is 3.67.